The molecule has 1 aliphatic rings. The average Bonchev–Trinajstić information content (AvgIpc) is 2.72. The van der Waals surface area contributed by atoms with Crippen LogP contribution in [0, 0.1) is 6.92 Å². The van der Waals surface area contributed by atoms with Crippen molar-refractivity contribution in [2.45, 2.75) is 25.7 Å². The van der Waals surface area contributed by atoms with Crippen molar-refractivity contribution in [3.63, 3.8) is 0 Å². The van der Waals surface area contributed by atoms with E-state index >= 15 is 0 Å². The van der Waals surface area contributed by atoms with Gasteiger partial charge in [-0.25, -0.2) is 0 Å². The van der Waals surface area contributed by atoms with Crippen molar-refractivity contribution in [3.05, 3.63) is 87.5 Å². The normalized spacial score (nSPS) is 14.0. The maximum absolute atomic E-state index is 12.3. The summed E-state index contributed by atoms with van der Waals surface area (Å²) in [5.74, 6) is -2.98. The molecule has 3 rings (SSSR count). The van der Waals surface area contributed by atoms with Gasteiger partial charge in [0.25, 0.3) is 0 Å². The van der Waals surface area contributed by atoms with Crippen molar-refractivity contribution >= 4 is 33.8 Å². The van der Waals surface area contributed by atoms with Crippen molar-refractivity contribution in [1.29, 1.82) is 0 Å². The number of benzene rings is 2. The van der Waals surface area contributed by atoms with Crippen LogP contribution >= 0.6 is 0 Å². The molecule has 0 aliphatic heterocycles. The standard InChI is InChI=1S/C24H19O7S.2Na.H2O/c1-12-8-15(10-18(14(3)25)22(12)26)21(17-6-4-5-7-20(17)32(30)31)16-9-13(2)23(27)19(11-16)24(28)29;;;/h4-11,26H,1-3H3,(H,28,29);;;1H2/q-1;2*+1;/p-2/b21-16+;;;. The number of carbonyl (C=O) groups is 3. The predicted molar refractivity (Wildman–Crippen MR) is 116 cm³/mol. The molecule has 0 spiro atoms. The molecule has 0 bridgehead atoms. The molecule has 11 heteroatoms. The van der Waals surface area contributed by atoms with Gasteiger partial charge in [0, 0.05) is 5.57 Å². The fourth-order valence-electron chi connectivity index (χ4n) is 3.56. The second kappa shape index (κ2) is 13.5. The van der Waals surface area contributed by atoms with Crippen molar-refractivity contribution < 1.29 is 97.6 Å². The van der Waals surface area contributed by atoms with Crippen LogP contribution in [0.15, 0.2) is 70.2 Å². The van der Waals surface area contributed by atoms with Crippen LogP contribution in [-0.4, -0.2) is 28.1 Å². The van der Waals surface area contributed by atoms with Crippen molar-refractivity contribution in [3.8, 4) is 5.75 Å². The number of hydrogen-bond donors (Lipinski definition) is 1. The maximum atomic E-state index is 12.3. The third-order valence-corrected chi connectivity index (χ3v) is 5.80. The molecule has 2 aromatic carbocycles. The number of hydrogen-bond acceptors (Lipinski definition) is 9. The van der Waals surface area contributed by atoms with Gasteiger partial charge in [-0.1, -0.05) is 29.2 Å². The van der Waals surface area contributed by atoms with Crippen molar-refractivity contribution in [1.82, 2.24) is 0 Å². The Morgan fingerprint density at radius 1 is 0.971 bits per heavy atom. The van der Waals surface area contributed by atoms with Crippen LogP contribution in [0.4, 0.5) is 0 Å². The van der Waals surface area contributed by atoms with E-state index < -0.39 is 33.8 Å². The second-order valence-electron chi connectivity index (χ2n) is 7.31. The molecule has 35 heavy (non-hydrogen) atoms. The monoisotopic (exact) mass is 513 g/mol. The number of aryl methyl sites for hydroxylation is 1. The molecule has 2 aromatic rings. The van der Waals surface area contributed by atoms with E-state index in [1.165, 1.54) is 44.2 Å². The number of phenols is 1. The summed E-state index contributed by atoms with van der Waals surface area (Å²) in [7, 11) is -2.63. The number of phenolic OH excluding ortho intramolecular Hbond substituents is 1. The summed E-state index contributed by atoms with van der Waals surface area (Å²) in [4.78, 5) is 35.8. The van der Waals surface area contributed by atoms with E-state index in [0.717, 1.165) is 6.08 Å². The van der Waals surface area contributed by atoms with Crippen LogP contribution in [0.5, 0.6) is 5.75 Å². The number of carbonyl (C=O) groups excluding carboxylic acids is 3. The fourth-order valence-corrected chi connectivity index (χ4v) is 4.10. The third-order valence-electron chi connectivity index (χ3n) is 5.09. The minimum absolute atomic E-state index is 0. The van der Waals surface area contributed by atoms with Gasteiger partial charge in [0.2, 0.25) is 0 Å². The maximum Gasteiger partial charge on any atom is 1.00 e. The van der Waals surface area contributed by atoms with E-state index in [2.05, 4.69) is 0 Å². The van der Waals surface area contributed by atoms with Crippen LogP contribution in [-0.2, 0) is 28.7 Å². The largest absolute Gasteiger partial charge is 1.00 e. The molecule has 172 valence electrons. The zero-order valence-corrected chi connectivity index (χ0v) is 24.7. The molecule has 0 atom stereocenters. The Bertz CT molecular complexity index is 1360. The van der Waals surface area contributed by atoms with Gasteiger partial charge in [0.05, 0.1) is 11.5 Å². The molecule has 0 saturated heterocycles. The molecule has 0 amide bonds. The summed E-state index contributed by atoms with van der Waals surface area (Å²) in [6.45, 7) is 4.30. The van der Waals surface area contributed by atoms with Gasteiger partial charge in [0.15, 0.2) is 11.6 Å². The molecule has 2 N–H and O–H groups in total. The fraction of sp³-hybridized carbons (Fsp3) is 0.125. The van der Waals surface area contributed by atoms with Crippen LogP contribution in [0.2, 0.25) is 0 Å². The minimum Gasteiger partial charge on any atom is -0.870 e. The summed E-state index contributed by atoms with van der Waals surface area (Å²) in [5, 5.41) is 21.8. The number of ketones is 2. The number of aliphatic carboxylic acids is 1. The third kappa shape index (κ3) is 6.90. The van der Waals surface area contributed by atoms with Gasteiger partial charge in [-0.05, 0) is 89.2 Å². The van der Waals surface area contributed by atoms with Gasteiger partial charge in [0.1, 0.15) is 5.75 Å². The van der Waals surface area contributed by atoms with Crippen LogP contribution in [0.3, 0.4) is 0 Å². The number of aromatic hydroxyl groups is 1. The number of carboxylic acid groups (broad SMARTS) is 1. The van der Waals surface area contributed by atoms with Crippen LogP contribution in [0.1, 0.15) is 40.9 Å². The molecule has 0 heterocycles. The number of carboxylic acids is 1. The van der Waals surface area contributed by atoms with E-state index in [-0.39, 0.29) is 103 Å². The van der Waals surface area contributed by atoms with Crippen molar-refractivity contribution in [2.75, 3.05) is 0 Å². The second-order valence-corrected chi connectivity index (χ2v) is 8.22. The van der Waals surface area contributed by atoms with E-state index in [1.54, 1.807) is 19.1 Å². The van der Waals surface area contributed by atoms with E-state index in [9.17, 15) is 33.0 Å². The summed E-state index contributed by atoms with van der Waals surface area (Å²) in [5.41, 5.74) is 1.08. The first kappa shape index (κ1) is 33.2. The molecule has 0 unspecified atom stereocenters. The van der Waals surface area contributed by atoms with E-state index in [4.69, 9.17) is 0 Å². The molecule has 0 radical (unpaired) electrons. The Morgan fingerprint density at radius 3 is 2.11 bits per heavy atom. The summed E-state index contributed by atoms with van der Waals surface area (Å²) >= 11 is 0. The van der Waals surface area contributed by atoms with Gasteiger partial charge in [-0.15, -0.1) is 0 Å². The number of Topliss-reactive ketones (excluding diaryl/α,β-unsaturated/α-hetero) is 2. The van der Waals surface area contributed by atoms with Crippen molar-refractivity contribution in [2.24, 2.45) is 0 Å². The smallest absolute Gasteiger partial charge is 0.870 e. The number of rotatable bonds is 5. The van der Waals surface area contributed by atoms with Crippen LogP contribution < -0.4 is 64.2 Å². The van der Waals surface area contributed by atoms with Gasteiger partial charge in [-0.3, -0.25) is 9.59 Å². The first-order valence-corrected chi connectivity index (χ1v) is 10.5. The number of allylic oxidation sites excluding steroid dienone is 4. The average molecular weight is 513 g/mol. The quantitative estimate of drug-likeness (QED) is 0.186. The van der Waals surface area contributed by atoms with E-state index in [0.29, 0.717) is 11.1 Å². The minimum atomic E-state index is -2.63. The van der Waals surface area contributed by atoms with Crippen LogP contribution in [0.25, 0.3) is 5.57 Å². The first-order chi connectivity index (χ1) is 15.0. The Kier molecular flexibility index (Phi) is 12.8. The Balaban J connectivity index is 0.00000385. The van der Waals surface area contributed by atoms with Gasteiger partial charge < -0.3 is 28.9 Å². The Hall–Kier alpha value is -1.82. The molecule has 8 nitrogen and oxygen atoms in total. The van der Waals surface area contributed by atoms with Gasteiger partial charge in [-0.2, -0.15) is 0 Å². The Labute approximate surface area is 248 Å². The Morgan fingerprint density at radius 2 is 1.57 bits per heavy atom. The summed E-state index contributed by atoms with van der Waals surface area (Å²) in [6.07, 6.45) is 2.57. The molecular weight excluding hydrogens is 494 g/mol. The zero-order chi connectivity index (χ0) is 23.7. The molecular formula is C24H19Na2O8S-. The summed E-state index contributed by atoms with van der Waals surface area (Å²) in [6, 6.07) is 9.03. The predicted octanol–water partition coefficient (Wildman–Crippen LogP) is -3.59. The van der Waals surface area contributed by atoms with E-state index in [1.807, 2.05) is 0 Å². The topological polar surface area (TPSA) is 159 Å². The molecule has 0 saturated carbocycles. The summed E-state index contributed by atoms with van der Waals surface area (Å²) < 4.78 is 23.8. The van der Waals surface area contributed by atoms with Gasteiger partial charge >= 0.3 is 59.1 Å². The molecule has 0 aromatic heterocycles. The first-order valence-electron chi connectivity index (χ1n) is 9.46. The molecule has 0 fully saturated rings. The zero-order valence-electron chi connectivity index (χ0n) is 19.9. The SMILES string of the molecule is CC(=O)c1cc(/C(=C2/C=C(C)C(=O)C(C(=O)[O-])=C2)c2ccccc2[S-](=O)=O)cc(C)c1O.[Na+].[Na+].[OH-]. The molecule has 1 aliphatic carbocycles.